The second kappa shape index (κ2) is 5.60. The summed E-state index contributed by atoms with van der Waals surface area (Å²) < 4.78 is 5.31. The van der Waals surface area contributed by atoms with Gasteiger partial charge in [0.1, 0.15) is 5.75 Å². The lowest BCUT2D eigenvalue weighted by atomic mass is 10.1. The summed E-state index contributed by atoms with van der Waals surface area (Å²) in [5.74, 6) is 2.52. The lowest BCUT2D eigenvalue weighted by molar-refractivity contribution is 0.107. The molecule has 1 N–H and O–H groups in total. The fraction of sp³-hybridized carbons (Fsp3) is 0.538. The van der Waals surface area contributed by atoms with E-state index in [1.807, 2.05) is 26.0 Å². The van der Waals surface area contributed by atoms with E-state index in [1.54, 1.807) is 18.9 Å². The minimum atomic E-state index is -0.609. The smallest absolute Gasteiger partial charge is 0.122 e. The number of methoxy groups -OCH3 is 1. The van der Waals surface area contributed by atoms with Gasteiger partial charge < -0.3 is 9.84 Å². The van der Waals surface area contributed by atoms with Gasteiger partial charge in [0.2, 0.25) is 0 Å². The molecule has 0 heterocycles. The molecule has 0 unspecified atom stereocenters. The Morgan fingerprint density at radius 2 is 2.06 bits per heavy atom. The zero-order valence-corrected chi connectivity index (χ0v) is 11.2. The SMILES string of the molecule is COc1ccc(C)cc1CSCC(C)(C)O. The Morgan fingerprint density at radius 1 is 1.38 bits per heavy atom. The van der Waals surface area contributed by atoms with Gasteiger partial charge in [0, 0.05) is 17.1 Å². The van der Waals surface area contributed by atoms with Crippen LogP contribution in [0.15, 0.2) is 18.2 Å². The highest BCUT2D eigenvalue weighted by Crippen LogP contribution is 2.25. The summed E-state index contributed by atoms with van der Waals surface area (Å²) in [4.78, 5) is 0. The van der Waals surface area contributed by atoms with Gasteiger partial charge >= 0.3 is 0 Å². The summed E-state index contributed by atoms with van der Waals surface area (Å²) in [6.07, 6.45) is 0. The van der Waals surface area contributed by atoms with E-state index in [2.05, 4.69) is 13.0 Å². The largest absolute Gasteiger partial charge is 0.496 e. The van der Waals surface area contributed by atoms with Crippen molar-refractivity contribution in [2.75, 3.05) is 12.9 Å². The van der Waals surface area contributed by atoms with Crippen LogP contribution in [-0.4, -0.2) is 23.6 Å². The molecule has 0 spiro atoms. The van der Waals surface area contributed by atoms with Crippen molar-refractivity contribution in [2.45, 2.75) is 32.1 Å². The predicted octanol–water partition coefficient (Wildman–Crippen LogP) is 3.01. The zero-order valence-electron chi connectivity index (χ0n) is 10.4. The van der Waals surface area contributed by atoms with Crippen LogP contribution in [0.2, 0.25) is 0 Å². The van der Waals surface area contributed by atoms with Gasteiger partial charge in [-0.2, -0.15) is 11.8 Å². The molecule has 2 nitrogen and oxygen atoms in total. The number of thioether (sulfide) groups is 1. The number of benzene rings is 1. The lowest BCUT2D eigenvalue weighted by Crippen LogP contribution is -2.21. The molecular formula is C13H20O2S. The number of hydrogen-bond donors (Lipinski definition) is 1. The van der Waals surface area contributed by atoms with Gasteiger partial charge in [-0.25, -0.2) is 0 Å². The molecule has 0 aliphatic heterocycles. The summed E-state index contributed by atoms with van der Waals surface area (Å²) in [6, 6.07) is 6.18. The average Bonchev–Trinajstić information content (AvgIpc) is 2.16. The number of rotatable bonds is 5. The van der Waals surface area contributed by atoms with E-state index >= 15 is 0 Å². The quantitative estimate of drug-likeness (QED) is 0.858. The predicted molar refractivity (Wildman–Crippen MR) is 70.2 cm³/mol. The number of aryl methyl sites for hydroxylation is 1. The second-order valence-corrected chi connectivity index (χ2v) is 5.61. The van der Waals surface area contributed by atoms with Gasteiger partial charge in [-0.05, 0) is 26.8 Å². The Balaban J connectivity index is 2.62. The van der Waals surface area contributed by atoms with Crippen LogP contribution < -0.4 is 4.74 Å². The number of aliphatic hydroxyl groups is 1. The van der Waals surface area contributed by atoms with E-state index in [-0.39, 0.29) is 0 Å². The maximum Gasteiger partial charge on any atom is 0.122 e. The first kappa shape index (κ1) is 13.4. The molecule has 90 valence electrons. The maximum absolute atomic E-state index is 9.62. The highest BCUT2D eigenvalue weighted by atomic mass is 32.2. The van der Waals surface area contributed by atoms with E-state index in [4.69, 9.17) is 4.74 Å². The van der Waals surface area contributed by atoms with Crippen molar-refractivity contribution in [3.63, 3.8) is 0 Å². The Bertz CT molecular complexity index is 342. The van der Waals surface area contributed by atoms with Gasteiger partial charge in [0.25, 0.3) is 0 Å². The molecule has 1 rings (SSSR count). The van der Waals surface area contributed by atoms with Crippen LogP contribution in [0, 0.1) is 6.92 Å². The molecule has 1 aromatic rings. The molecular weight excluding hydrogens is 220 g/mol. The first-order chi connectivity index (χ1) is 7.42. The zero-order chi connectivity index (χ0) is 12.2. The molecule has 1 aromatic carbocycles. The Kier molecular flexibility index (Phi) is 4.69. The molecule has 16 heavy (non-hydrogen) atoms. The molecule has 3 heteroatoms. The van der Waals surface area contributed by atoms with Gasteiger partial charge in [-0.3, -0.25) is 0 Å². The first-order valence-corrected chi connectivity index (χ1v) is 6.51. The molecule has 0 saturated heterocycles. The van der Waals surface area contributed by atoms with Crippen LogP contribution in [0.5, 0.6) is 5.75 Å². The molecule has 0 aliphatic carbocycles. The molecule has 0 saturated carbocycles. The monoisotopic (exact) mass is 240 g/mol. The number of hydrogen-bond acceptors (Lipinski definition) is 3. The normalized spacial score (nSPS) is 11.6. The van der Waals surface area contributed by atoms with Gasteiger partial charge in [0.05, 0.1) is 12.7 Å². The molecule has 0 aromatic heterocycles. The summed E-state index contributed by atoms with van der Waals surface area (Å²) in [6.45, 7) is 5.73. The third-order valence-corrected chi connectivity index (χ3v) is 3.57. The van der Waals surface area contributed by atoms with Crippen molar-refractivity contribution in [3.05, 3.63) is 29.3 Å². The van der Waals surface area contributed by atoms with E-state index in [0.717, 1.165) is 17.3 Å². The summed E-state index contributed by atoms with van der Waals surface area (Å²) >= 11 is 1.72. The Morgan fingerprint density at radius 3 is 2.62 bits per heavy atom. The highest BCUT2D eigenvalue weighted by molar-refractivity contribution is 7.98. The second-order valence-electron chi connectivity index (χ2n) is 4.62. The van der Waals surface area contributed by atoms with Crippen LogP contribution in [0.3, 0.4) is 0 Å². The highest BCUT2D eigenvalue weighted by Gasteiger charge is 2.13. The molecule has 0 bridgehead atoms. The van der Waals surface area contributed by atoms with Crippen molar-refractivity contribution in [2.24, 2.45) is 0 Å². The van der Waals surface area contributed by atoms with Gasteiger partial charge in [-0.1, -0.05) is 17.7 Å². The lowest BCUT2D eigenvalue weighted by Gasteiger charge is -2.16. The van der Waals surface area contributed by atoms with E-state index < -0.39 is 5.60 Å². The fourth-order valence-corrected chi connectivity index (χ4v) is 2.48. The van der Waals surface area contributed by atoms with Crippen molar-refractivity contribution in [3.8, 4) is 5.75 Å². The van der Waals surface area contributed by atoms with Crippen molar-refractivity contribution in [1.29, 1.82) is 0 Å². The van der Waals surface area contributed by atoms with E-state index in [1.165, 1.54) is 11.1 Å². The van der Waals surface area contributed by atoms with Crippen LogP contribution in [-0.2, 0) is 5.75 Å². The van der Waals surface area contributed by atoms with Gasteiger partial charge in [0.15, 0.2) is 0 Å². The number of ether oxygens (including phenoxy) is 1. The fourth-order valence-electron chi connectivity index (χ4n) is 1.43. The Hall–Kier alpha value is -0.670. The van der Waals surface area contributed by atoms with Crippen LogP contribution >= 0.6 is 11.8 Å². The third kappa shape index (κ3) is 4.45. The molecule has 0 aliphatic rings. The molecule has 0 amide bonds. The molecule has 0 fully saturated rings. The summed E-state index contributed by atoms with van der Waals surface area (Å²) in [5.41, 5.74) is 1.82. The van der Waals surface area contributed by atoms with Crippen molar-refractivity contribution in [1.82, 2.24) is 0 Å². The van der Waals surface area contributed by atoms with Crippen LogP contribution in [0.25, 0.3) is 0 Å². The molecule has 0 radical (unpaired) electrons. The summed E-state index contributed by atoms with van der Waals surface area (Å²) in [5, 5.41) is 9.62. The van der Waals surface area contributed by atoms with Crippen molar-refractivity contribution < 1.29 is 9.84 Å². The minimum Gasteiger partial charge on any atom is -0.496 e. The van der Waals surface area contributed by atoms with E-state index in [9.17, 15) is 5.11 Å². The maximum atomic E-state index is 9.62. The van der Waals surface area contributed by atoms with Gasteiger partial charge in [-0.15, -0.1) is 0 Å². The average molecular weight is 240 g/mol. The van der Waals surface area contributed by atoms with Crippen LogP contribution in [0.1, 0.15) is 25.0 Å². The third-order valence-electron chi connectivity index (χ3n) is 2.15. The van der Waals surface area contributed by atoms with E-state index in [0.29, 0.717) is 0 Å². The van der Waals surface area contributed by atoms with Crippen molar-refractivity contribution >= 4 is 11.8 Å². The topological polar surface area (TPSA) is 29.5 Å². The first-order valence-electron chi connectivity index (χ1n) is 5.36. The Labute approximate surface area is 102 Å². The minimum absolute atomic E-state index is 0.609. The molecule has 0 atom stereocenters. The standard InChI is InChI=1S/C13H20O2S/c1-10-5-6-12(15-4)11(7-10)8-16-9-13(2,3)14/h5-7,14H,8-9H2,1-4H3. The van der Waals surface area contributed by atoms with Crippen LogP contribution in [0.4, 0.5) is 0 Å². The summed E-state index contributed by atoms with van der Waals surface area (Å²) in [7, 11) is 1.69.